The second kappa shape index (κ2) is 4.89. The summed E-state index contributed by atoms with van der Waals surface area (Å²) >= 11 is 0. The second-order valence-corrected chi connectivity index (χ2v) is 4.62. The average molecular weight is 199 g/mol. The Hall–Kier alpha value is -0.410. The SMILES string of the molecule is CC(=O)CCN(C)CC1(O)CCCC1. The third-order valence-electron chi connectivity index (χ3n) is 2.94. The number of nitrogens with zero attached hydrogens (tertiary/aromatic N) is 1. The number of hydrogen-bond donors (Lipinski definition) is 1. The number of likely N-dealkylation sites (N-methyl/N-ethyl adjacent to an activating group) is 1. The normalized spacial score (nSPS) is 20.3. The van der Waals surface area contributed by atoms with Crippen molar-refractivity contribution in [3.8, 4) is 0 Å². The lowest BCUT2D eigenvalue weighted by Gasteiger charge is -2.28. The van der Waals surface area contributed by atoms with Crippen LogP contribution < -0.4 is 0 Å². The molecule has 0 unspecified atom stereocenters. The van der Waals surface area contributed by atoms with Crippen LogP contribution in [0.25, 0.3) is 0 Å². The Bertz CT molecular complexity index is 197. The largest absolute Gasteiger partial charge is 0.389 e. The second-order valence-electron chi connectivity index (χ2n) is 4.62. The van der Waals surface area contributed by atoms with Gasteiger partial charge >= 0.3 is 0 Å². The van der Waals surface area contributed by atoms with Gasteiger partial charge in [-0.15, -0.1) is 0 Å². The van der Waals surface area contributed by atoms with Crippen LogP contribution in [0, 0.1) is 0 Å². The van der Waals surface area contributed by atoms with Gasteiger partial charge in [0.1, 0.15) is 5.78 Å². The molecule has 0 aromatic heterocycles. The molecule has 14 heavy (non-hydrogen) atoms. The highest BCUT2D eigenvalue weighted by atomic mass is 16.3. The summed E-state index contributed by atoms with van der Waals surface area (Å²) in [7, 11) is 1.97. The monoisotopic (exact) mass is 199 g/mol. The molecule has 0 radical (unpaired) electrons. The molecule has 0 atom stereocenters. The van der Waals surface area contributed by atoms with E-state index in [0.29, 0.717) is 13.0 Å². The van der Waals surface area contributed by atoms with Gasteiger partial charge in [-0.2, -0.15) is 0 Å². The van der Waals surface area contributed by atoms with Gasteiger partial charge in [-0.1, -0.05) is 12.8 Å². The number of rotatable bonds is 5. The molecule has 3 heteroatoms. The third kappa shape index (κ3) is 3.76. The molecule has 82 valence electrons. The number of hydrogen-bond acceptors (Lipinski definition) is 3. The lowest BCUT2D eigenvalue weighted by Crippen LogP contribution is -2.39. The van der Waals surface area contributed by atoms with E-state index in [0.717, 1.165) is 32.2 Å². The van der Waals surface area contributed by atoms with Gasteiger partial charge in [0.15, 0.2) is 0 Å². The van der Waals surface area contributed by atoms with E-state index in [1.807, 2.05) is 7.05 Å². The fraction of sp³-hybridized carbons (Fsp3) is 0.909. The van der Waals surface area contributed by atoms with Gasteiger partial charge in [0.25, 0.3) is 0 Å². The Morgan fingerprint density at radius 1 is 1.43 bits per heavy atom. The fourth-order valence-corrected chi connectivity index (χ4v) is 2.12. The lowest BCUT2D eigenvalue weighted by atomic mass is 10.0. The Morgan fingerprint density at radius 2 is 2.00 bits per heavy atom. The van der Waals surface area contributed by atoms with Crippen molar-refractivity contribution in [1.29, 1.82) is 0 Å². The summed E-state index contributed by atoms with van der Waals surface area (Å²) in [6.45, 7) is 3.08. The first kappa shape index (κ1) is 11.7. The third-order valence-corrected chi connectivity index (χ3v) is 2.94. The van der Waals surface area contributed by atoms with Crippen molar-refractivity contribution < 1.29 is 9.90 Å². The number of aliphatic hydroxyl groups is 1. The summed E-state index contributed by atoms with van der Waals surface area (Å²) < 4.78 is 0. The molecule has 3 nitrogen and oxygen atoms in total. The van der Waals surface area contributed by atoms with E-state index in [1.54, 1.807) is 6.92 Å². The van der Waals surface area contributed by atoms with E-state index in [-0.39, 0.29) is 5.78 Å². The minimum absolute atomic E-state index is 0.218. The van der Waals surface area contributed by atoms with E-state index in [9.17, 15) is 9.90 Å². The van der Waals surface area contributed by atoms with Crippen LogP contribution in [0.1, 0.15) is 39.0 Å². The molecule has 1 rings (SSSR count). The first-order valence-corrected chi connectivity index (χ1v) is 5.42. The molecule has 0 aromatic carbocycles. The van der Waals surface area contributed by atoms with Gasteiger partial charge in [-0.05, 0) is 26.8 Å². The fourth-order valence-electron chi connectivity index (χ4n) is 2.12. The topological polar surface area (TPSA) is 40.5 Å². The van der Waals surface area contributed by atoms with Crippen molar-refractivity contribution in [1.82, 2.24) is 4.90 Å². The number of Topliss-reactive ketones (excluding diaryl/α,β-unsaturated/α-hetero) is 1. The maximum atomic E-state index is 10.8. The molecule has 0 amide bonds. The van der Waals surface area contributed by atoms with Gasteiger partial charge in [-0.3, -0.25) is 4.79 Å². The number of carbonyl (C=O) groups excluding carboxylic acids is 1. The Balaban J connectivity index is 2.25. The minimum atomic E-state index is -0.481. The van der Waals surface area contributed by atoms with Crippen LogP contribution in [0.5, 0.6) is 0 Å². The Labute approximate surface area is 86.1 Å². The summed E-state index contributed by atoms with van der Waals surface area (Å²) in [6, 6.07) is 0. The van der Waals surface area contributed by atoms with Gasteiger partial charge in [0, 0.05) is 19.5 Å². The molecular weight excluding hydrogens is 178 g/mol. The highest BCUT2D eigenvalue weighted by Crippen LogP contribution is 2.29. The van der Waals surface area contributed by atoms with Crippen LogP contribution in [-0.2, 0) is 4.79 Å². The predicted octanol–water partition coefficient (Wildman–Crippen LogP) is 1.20. The molecule has 1 aliphatic carbocycles. The molecule has 0 bridgehead atoms. The molecule has 1 aliphatic rings. The minimum Gasteiger partial charge on any atom is -0.389 e. The smallest absolute Gasteiger partial charge is 0.131 e. The van der Waals surface area contributed by atoms with Crippen LogP contribution in [0.2, 0.25) is 0 Å². The molecule has 0 aliphatic heterocycles. The molecular formula is C11H21NO2. The van der Waals surface area contributed by atoms with Crippen LogP contribution >= 0.6 is 0 Å². The lowest BCUT2D eigenvalue weighted by molar-refractivity contribution is -0.117. The maximum Gasteiger partial charge on any atom is 0.131 e. The van der Waals surface area contributed by atoms with Gasteiger partial charge < -0.3 is 10.0 Å². The quantitative estimate of drug-likeness (QED) is 0.723. The summed E-state index contributed by atoms with van der Waals surface area (Å²) in [5.74, 6) is 0.218. The zero-order valence-corrected chi connectivity index (χ0v) is 9.25. The molecule has 0 aromatic rings. The van der Waals surface area contributed by atoms with E-state index in [1.165, 1.54) is 0 Å². The molecule has 1 N–H and O–H groups in total. The summed E-state index contributed by atoms with van der Waals surface area (Å²) in [5, 5.41) is 10.1. The molecule has 1 saturated carbocycles. The summed E-state index contributed by atoms with van der Waals surface area (Å²) in [6.07, 6.45) is 4.69. The van der Waals surface area contributed by atoms with Gasteiger partial charge in [0.05, 0.1) is 5.60 Å². The van der Waals surface area contributed by atoms with Crippen LogP contribution in [0.15, 0.2) is 0 Å². The molecule has 0 spiro atoms. The van der Waals surface area contributed by atoms with Crippen molar-refractivity contribution in [3.63, 3.8) is 0 Å². The predicted molar refractivity (Wildman–Crippen MR) is 56.2 cm³/mol. The average Bonchev–Trinajstić information content (AvgIpc) is 2.48. The summed E-state index contributed by atoms with van der Waals surface area (Å²) in [5.41, 5.74) is -0.481. The van der Waals surface area contributed by atoms with E-state index in [2.05, 4.69) is 4.90 Å². The number of ketones is 1. The maximum absolute atomic E-state index is 10.8. The van der Waals surface area contributed by atoms with Crippen LogP contribution in [0.4, 0.5) is 0 Å². The first-order chi connectivity index (χ1) is 6.52. The first-order valence-electron chi connectivity index (χ1n) is 5.42. The zero-order chi connectivity index (χ0) is 10.6. The van der Waals surface area contributed by atoms with Crippen LogP contribution in [0.3, 0.4) is 0 Å². The van der Waals surface area contributed by atoms with Crippen molar-refractivity contribution in [2.75, 3.05) is 20.1 Å². The van der Waals surface area contributed by atoms with Crippen molar-refractivity contribution >= 4 is 5.78 Å². The Kier molecular flexibility index (Phi) is 4.08. The zero-order valence-electron chi connectivity index (χ0n) is 9.25. The molecule has 0 saturated heterocycles. The highest BCUT2D eigenvalue weighted by Gasteiger charge is 2.31. The standard InChI is InChI=1S/C11H21NO2/c1-10(13)5-8-12(2)9-11(14)6-3-4-7-11/h14H,3-9H2,1-2H3. The summed E-state index contributed by atoms with van der Waals surface area (Å²) in [4.78, 5) is 12.8. The Morgan fingerprint density at radius 3 is 2.50 bits per heavy atom. The van der Waals surface area contributed by atoms with E-state index < -0.39 is 5.60 Å². The van der Waals surface area contributed by atoms with E-state index in [4.69, 9.17) is 0 Å². The van der Waals surface area contributed by atoms with Crippen molar-refractivity contribution in [2.24, 2.45) is 0 Å². The molecule has 1 fully saturated rings. The van der Waals surface area contributed by atoms with E-state index >= 15 is 0 Å². The van der Waals surface area contributed by atoms with Crippen molar-refractivity contribution in [2.45, 2.75) is 44.6 Å². The number of carbonyl (C=O) groups is 1. The van der Waals surface area contributed by atoms with Gasteiger partial charge in [0.2, 0.25) is 0 Å². The van der Waals surface area contributed by atoms with Gasteiger partial charge in [-0.25, -0.2) is 0 Å². The highest BCUT2D eigenvalue weighted by molar-refractivity contribution is 5.75. The van der Waals surface area contributed by atoms with Crippen molar-refractivity contribution in [3.05, 3.63) is 0 Å². The molecule has 0 heterocycles. The van der Waals surface area contributed by atoms with Crippen LogP contribution in [-0.4, -0.2) is 41.5 Å².